The maximum absolute atomic E-state index is 14.3. The summed E-state index contributed by atoms with van der Waals surface area (Å²) in [6, 6.07) is 8.22. The lowest BCUT2D eigenvalue weighted by Gasteiger charge is -2.54. The molecule has 2 fully saturated rings. The van der Waals surface area contributed by atoms with Crippen LogP contribution in [0.25, 0.3) is 0 Å². The van der Waals surface area contributed by atoms with Crippen molar-refractivity contribution in [3.63, 3.8) is 0 Å². The first kappa shape index (κ1) is 28.3. The third kappa shape index (κ3) is 5.12. The van der Waals surface area contributed by atoms with Crippen LogP contribution < -0.4 is 4.74 Å². The molecule has 2 aliphatic rings. The Morgan fingerprint density at radius 3 is 2.32 bits per heavy atom. The Labute approximate surface area is 227 Å². The summed E-state index contributed by atoms with van der Waals surface area (Å²) in [5, 5.41) is 0.536. The average molecular weight is 567 g/mol. The van der Waals surface area contributed by atoms with Crippen LogP contribution in [0.15, 0.2) is 47.4 Å². The van der Waals surface area contributed by atoms with E-state index >= 15 is 0 Å². The summed E-state index contributed by atoms with van der Waals surface area (Å²) in [5.41, 5.74) is 0.776. The number of amides is 2. The Hall–Kier alpha value is -2.73. The molecule has 2 saturated heterocycles. The minimum Gasteiger partial charge on any atom is -0.495 e. The SMILES string of the molecule is COc1ccc(F)cc1S(=O)(=O)N1CC(N(C)C)C(=O)N2C(Cc3ccc(Cl)cc3)C(=O)N(C(C)C)CC21. The smallest absolute Gasteiger partial charge is 0.248 e. The van der Waals surface area contributed by atoms with Crippen molar-refractivity contribution in [2.75, 3.05) is 34.3 Å². The second kappa shape index (κ2) is 10.8. The second-order valence-electron chi connectivity index (χ2n) is 10.0. The number of halogens is 2. The quantitative estimate of drug-likeness (QED) is 0.511. The molecule has 3 atom stereocenters. The lowest BCUT2D eigenvalue weighted by Crippen LogP contribution is -2.76. The van der Waals surface area contributed by atoms with Crippen LogP contribution in [-0.2, 0) is 26.0 Å². The van der Waals surface area contributed by atoms with Gasteiger partial charge in [-0.05, 0) is 63.8 Å². The maximum Gasteiger partial charge on any atom is 0.248 e. The molecule has 3 unspecified atom stereocenters. The second-order valence-corrected chi connectivity index (χ2v) is 12.3. The summed E-state index contributed by atoms with van der Waals surface area (Å²) in [5.74, 6) is -1.35. The lowest BCUT2D eigenvalue weighted by atomic mass is 9.96. The Bertz CT molecular complexity index is 1320. The first-order valence-corrected chi connectivity index (χ1v) is 14.1. The predicted octanol–water partition coefficient (Wildman–Crippen LogP) is 2.44. The molecular formula is C26H32ClFN4O5S. The van der Waals surface area contributed by atoms with E-state index in [2.05, 4.69) is 0 Å². The van der Waals surface area contributed by atoms with Crippen LogP contribution in [0.2, 0.25) is 5.02 Å². The number of fused-ring (bicyclic) bond motifs is 1. The molecule has 0 aliphatic carbocycles. The highest BCUT2D eigenvalue weighted by Gasteiger charge is 2.54. The Morgan fingerprint density at radius 1 is 1.08 bits per heavy atom. The fourth-order valence-corrected chi connectivity index (χ4v) is 6.93. The number of benzene rings is 2. The largest absolute Gasteiger partial charge is 0.495 e. The summed E-state index contributed by atoms with van der Waals surface area (Å²) >= 11 is 6.04. The molecule has 0 spiro atoms. The van der Waals surface area contributed by atoms with Crippen molar-refractivity contribution in [3.8, 4) is 5.75 Å². The Balaban J connectivity index is 1.86. The van der Waals surface area contributed by atoms with Crippen molar-refractivity contribution in [1.82, 2.24) is 19.0 Å². The zero-order chi connectivity index (χ0) is 27.9. The molecule has 38 heavy (non-hydrogen) atoms. The van der Waals surface area contributed by atoms with Gasteiger partial charge in [-0.25, -0.2) is 12.8 Å². The van der Waals surface area contributed by atoms with E-state index in [4.69, 9.17) is 16.3 Å². The molecule has 0 bridgehead atoms. The molecule has 4 rings (SSSR count). The first-order chi connectivity index (χ1) is 17.9. The zero-order valence-corrected chi connectivity index (χ0v) is 23.5. The Morgan fingerprint density at radius 2 is 1.74 bits per heavy atom. The number of sulfonamides is 1. The first-order valence-electron chi connectivity index (χ1n) is 12.3. The molecule has 2 amide bonds. The van der Waals surface area contributed by atoms with E-state index in [-0.39, 0.29) is 48.0 Å². The number of piperazine rings is 1. The topological polar surface area (TPSA) is 90.5 Å². The minimum absolute atomic E-state index is 0.0124. The standard InChI is InChI=1S/C26H32ClFN4O5S/c1-16(2)30-15-24-31(38(35,36)23-13-19(28)10-11-22(23)37-5)14-21(29(3)4)26(34)32(24)20(25(30)33)12-17-6-8-18(27)9-7-17/h6-11,13,16,20-21,24H,12,14-15H2,1-5H3. The summed E-state index contributed by atoms with van der Waals surface area (Å²) < 4.78 is 48.9. The fourth-order valence-electron chi connectivity index (χ4n) is 5.06. The van der Waals surface area contributed by atoms with Gasteiger partial charge in [0, 0.05) is 24.0 Å². The molecule has 0 saturated carbocycles. The van der Waals surface area contributed by atoms with Crippen LogP contribution in [0.3, 0.4) is 0 Å². The van der Waals surface area contributed by atoms with Gasteiger partial charge in [-0.3, -0.25) is 14.5 Å². The predicted molar refractivity (Wildman–Crippen MR) is 141 cm³/mol. The van der Waals surface area contributed by atoms with Gasteiger partial charge in [0.05, 0.1) is 13.7 Å². The van der Waals surface area contributed by atoms with E-state index in [1.807, 2.05) is 13.8 Å². The number of likely N-dealkylation sites (N-methyl/N-ethyl adjacent to an activating group) is 1. The number of carbonyl (C=O) groups is 2. The number of nitrogens with zero attached hydrogens (tertiary/aromatic N) is 4. The molecule has 2 aromatic carbocycles. The zero-order valence-electron chi connectivity index (χ0n) is 22.0. The van der Waals surface area contributed by atoms with E-state index < -0.39 is 34.1 Å². The van der Waals surface area contributed by atoms with Crippen molar-refractivity contribution < 1.29 is 27.1 Å². The van der Waals surface area contributed by atoms with Crippen molar-refractivity contribution in [1.29, 1.82) is 0 Å². The molecule has 0 radical (unpaired) electrons. The van der Waals surface area contributed by atoms with Crippen LogP contribution in [0, 0.1) is 5.82 Å². The van der Waals surface area contributed by atoms with Crippen LogP contribution in [0.1, 0.15) is 19.4 Å². The van der Waals surface area contributed by atoms with Gasteiger partial charge in [0.1, 0.15) is 34.7 Å². The van der Waals surface area contributed by atoms with Crippen LogP contribution in [0.4, 0.5) is 4.39 Å². The normalized spacial score (nSPS) is 22.8. The molecule has 12 heteroatoms. The number of methoxy groups -OCH3 is 1. The van der Waals surface area contributed by atoms with Gasteiger partial charge >= 0.3 is 0 Å². The molecule has 2 heterocycles. The van der Waals surface area contributed by atoms with Crippen molar-refractivity contribution in [3.05, 3.63) is 58.9 Å². The monoisotopic (exact) mass is 566 g/mol. The molecule has 2 aromatic rings. The molecule has 2 aliphatic heterocycles. The summed E-state index contributed by atoms with van der Waals surface area (Å²) in [7, 11) is 0.300. The number of hydrogen-bond donors (Lipinski definition) is 0. The molecule has 0 N–H and O–H groups in total. The van der Waals surface area contributed by atoms with Gasteiger partial charge in [-0.1, -0.05) is 23.7 Å². The van der Waals surface area contributed by atoms with Crippen molar-refractivity contribution >= 4 is 33.4 Å². The number of carbonyl (C=O) groups excluding carboxylic acids is 2. The molecule has 0 aromatic heterocycles. The number of rotatable bonds is 7. The summed E-state index contributed by atoms with van der Waals surface area (Å²) in [4.78, 5) is 31.9. The van der Waals surface area contributed by atoms with E-state index in [1.165, 1.54) is 22.4 Å². The lowest BCUT2D eigenvalue weighted by molar-refractivity contribution is -0.171. The van der Waals surface area contributed by atoms with Crippen molar-refractivity contribution in [2.24, 2.45) is 0 Å². The van der Waals surface area contributed by atoms with Crippen LogP contribution >= 0.6 is 11.6 Å². The van der Waals surface area contributed by atoms with Gasteiger partial charge in [0.25, 0.3) is 0 Å². The number of hydrogen-bond acceptors (Lipinski definition) is 6. The van der Waals surface area contributed by atoms with E-state index in [0.29, 0.717) is 5.02 Å². The third-order valence-corrected chi connectivity index (χ3v) is 9.25. The van der Waals surface area contributed by atoms with E-state index in [9.17, 15) is 22.4 Å². The van der Waals surface area contributed by atoms with E-state index in [0.717, 1.165) is 17.7 Å². The maximum atomic E-state index is 14.3. The minimum atomic E-state index is -4.36. The van der Waals surface area contributed by atoms with Gasteiger partial charge < -0.3 is 14.5 Å². The highest BCUT2D eigenvalue weighted by atomic mass is 35.5. The summed E-state index contributed by atoms with van der Waals surface area (Å²) in [6.45, 7) is 3.50. The van der Waals surface area contributed by atoms with E-state index in [1.54, 1.807) is 48.2 Å². The highest BCUT2D eigenvalue weighted by Crippen LogP contribution is 2.36. The van der Waals surface area contributed by atoms with Gasteiger partial charge in [0.15, 0.2) is 0 Å². The highest BCUT2D eigenvalue weighted by molar-refractivity contribution is 7.89. The average Bonchev–Trinajstić information content (AvgIpc) is 2.86. The molecule has 9 nitrogen and oxygen atoms in total. The van der Waals surface area contributed by atoms with Crippen LogP contribution in [0.5, 0.6) is 5.75 Å². The van der Waals surface area contributed by atoms with Crippen molar-refractivity contribution in [2.45, 2.75) is 49.5 Å². The van der Waals surface area contributed by atoms with Gasteiger partial charge in [-0.2, -0.15) is 4.31 Å². The molecular weight excluding hydrogens is 535 g/mol. The van der Waals surface area contributed by atoms with Gasteiger partial charge in [-0.15, -0.1) is 0 Å². The van der Waals surface area contributed by atoms with Crippen LogP contribution in [-0.4, -0.2) is 97.8 Å². The molecule has 206 valence electrons. The number of ether oxygens (including phenoxy) is 1. The fraction of sp³-hybridized carbons (Fsp3) is 0.462. The third-order valence-electron chi connectivity index (χ3n) is 7.11. The van der Waals surface area contributed by atoms with Gasteiger partial charge in [0.2, 0.25) is 21.8 Å². The summed E-state index contributed by atoms with van der Waals surface area (Å²) in [6.07, 6.45) is -0.812. The Kier molecular flexibility index (Phi) is 8.04.